The second-order valence-corrected chi connectivity index (χ2v) is 7.09. The summed E-state index contributed by atoms with van der Waals surface area (Å²) in [6.45, 7) is 0.575. The summed E-state index contributed by atoms with van der Waals surface area (Å²) in [4.78, 5) is 24.1. The van der Waals surface area contributed by atoms with Crippen molar-refractivity contribution < 1.29 is 9.59 Å². The summed E-state index contributed by atoms with van der Waals surface area (Å²) in [5.41, 5.74) is 0.928. The average Bonchev–Trinajstić information content (AvgIpc) is 2.98. The summed E-state index contributed by atoms with van der Waals surface area (Å²) in [5, 5.41) is 7.56. The number of amides is 2. The SMILES string of the molecule is O=C(Cn1ccc2ccc(Cl)cc21)NCCC(=O)NC1CCCCC1. The number of rotatable bonds is 6. The largest absolute Gasteiger partial charge is 0.354 e. The zero-order chi connectivity index (χ0) is 17.6. The monoisotopic (exact) mass is 361 g/mol. The number of carbonyl (C=O) groups excluding carboxylic acids is 2. The van der Waals surface area contributed by atoms with Crippen molar-refractivity contribution in [3.8, 4) is 0 Å². The molecule has 2 N–H and O–H groups in total. The quantitative estimate of drug-likeness (QED) is 0.829. The van der Waals surface area contributed by atoms with Crippen molar-refractivity contribution in [1.29, 1.82) is 0 Å². The van der Waals surface area contributed by atoms with E-state index in [1.165, 1.54) is 19.3 Å². The molecule has 0 aliphatic heterocycles. The summed E-state index contributed by atoms with van der Waals surface area (Å²) in [5.74, 6) is -0.0895. The lowest BCUT2D eigenvalue weighted by Gasteiger charge is -2.22. The molecule has 1 fully saturated rings. The highest BCUT2D eigenvalue weighted by atomic mass is 35.5. The maximum absolute atomic E-state index is 12.1. The highest BCUT2D eigenvalue weighted by Crippen LogP contribution is 2.20. The Morgan fingerprint density at radius 2 is 1.92 bits per heavy atom. The van der Waals surface area contributed by atoms with Crippen LogP contribution in [0, 0.1) is 0 Å². The van der Waals surface area contributed by atoms with Gasteiger partial charge in [-0.05, 0) is 36.4 Å². The van der Waals surface area contributed by atoms with Crippen molar-refractivity contribution in [3.05, 3.63) is 35.5 Å². The van der Waals surface area contributed by atoms with Crippen LogP contribution < -0.4 is 10.6 Å². The van der Waals surface area contributed by atoms with Gasteiger partial charge in [0.2, 0.25) is 11.8 Å². The van der Waals surface area contributed by atoms with Crippen LogP contribution in [0.4, 0.5) is 0 Å². The highest BCUT2D eigenvalue weighted by Gasteiger charge is 2.15. The Labute approximate surface area is 152 Å². The molecule has 0 spiro atoms. The van der Waals surface area contributed by atoms with Crippen molar-refractivity contribution in [2.75, 3.05) is 6.54 Å². The lowest BCUT2D eigenvalue weighted by molar-refractivity contribution is -0.123. The zero-order valence-electron chi connectivity index (χ0n) is 14.3. The number of hydrogen-bond donors (Lipinski definition) is 2. The normalized spacial score (nSPS) is 15.2. The third-order valence-electron chi connectivity index (χ3n) is 4.69. The van der Waals surface area contributed by atoms with Gasteiger partial charge in [0.25, 0.3) is 0 Å². The molecule has 0 atom stereocenters. The minimum absolute atomic E-state index is 0.0189. The van der Waals surface area contributed by atoms with E-state index in [2.05, 4.69) is 10.6 Å². The zero-order valence-corrected chi connectivity index (χ0v) is 15.0. The van der Waals surface area contributed by atoms with Gasteiger partial charge in [0.05, 0.1) is 0 Å². The van der Waals surface area contributed by atoms with Crippen LogP contribution in [0.15, 0.2) is 30.5 Å². The lowest BCUT2D eigenvalue weighted by atomic mass is 9.95. The summed E-state index contributed by atoms with van der Waals surface area (Å²) >= 11 is 6.02. The number of halogens is 1. The van der Waals surface area contributed by atoms with E-state index in [1.807, 2.05) is 35.0 Å². The predicted molar refractivity (Wildman–Crippen MR) is 99.6 cm³/mol. The fraction of sp³-hybridized carbons (Fsp3) is 0.474. The maximum atomic E-state index is 12.1. The van der Waals surface area contributed by atoms with Crippen LogP contribution in [0.2, 0.25) is 5.02 Å². The number of aromatic nitrogens is 1. The molecule has 0 radical (unpaired) electrons. The fourth-order valence-electron chi connectivity index (χ4n) is 3.37. The molecule has 1 aliphatic rings. The first-order valence-electron chi connectivity index (χ1n) is 8.92. The molecular formula is C19H24ClN3O2. The van der Waals surface area contributed by atoms with Gasteiger partial charge in [0.1, 0.15) is 6.54 Å². The molecular weight excluding hydrogens is 338 g/mol. The van der Waals surface area contributed by atoms with E-state index in [-0.39, 0.29) is 18.4 Å². The molecule has 134 valence electrons. The Hall–Kier alpha value is -2.01. The Bertz CT molecular complexity index is 750. The molecule has 1 aromatic heterocycles. The molecule has 0 bridgehead atoms. The van der Waals surface area contributed by atoms with E-state index >= 15 is 0 Å². The molecule has 3 rings (SSSR count). The lowest BCUT2D eigenvalue weighted by Crippen LogP contribution is -2.38. The fourth-order valence-corrected chi connectivity index (χ4v) is 3.53. The molecule has 25 heavy (non-hydrogen) atoms. The molecule has 0 saturated heterocycles. The van der Waals surface area contributed by atoms with E-state index in [1.54, 1.807) is 0 Å². The van der Waals surface area contributed by atoms with Crippen LogP contribution in [-0.2, 0) is 16.1 Å². The van der Waals surface area contributed by atoms with Crippen LogP contribution in [0.5, 0.6) is 0 Å². The van der Waals surface area contributed by atoms with E-state index in [9.17, 15) is 9.59 Å². The van der Waals surface area contributed by atoms with Crippen LogP contribution in [-0.4, -0.2) is 29.0 Å². The van der Waals surface area contributed by atoms with Crippen molar-refractivity contribution in [3.63, 3.8) is 0 Å². The summed E-state index contributed by atoms with van der Waals surface area (Å²) in [6, 6.07) is 7.88. The first-order chi connectivity index (χ1) is 12.1. The van der Waals surface area contributed by atoms with Gasteiger partial charge in [-0.15, -0.1) is 0 Å². The molecule has 2 amide bonds. The topological polar surface area (TPSA) is 63.1 Å². The van der Waals surface area contributed by atoms with Gasteiger partial charge in [-0.1, -0.05) is 36.9 Å². The molecule has 1 aromatic carbocycles. The third-order valence-corrected chi connectivity index (χ3v) is 4.93. The Morgan fingerprint density at radius 3 is 2.72 bits per heavy atom. The van der Waals surface area contributed by atoms with E-state index in [4.69, 9.17) is 11.6 Å². The molecule has 1 heterocycles. The van der Waals surface area contributed by atoms with Gasteiger partial charge in [-0.2, -0.15) is 0 Å². The van der Waals surface area contributed by atoms with E-state index < -0.39 is 0 Å². The van der Waals surface area contributed by atoms with E-state index in [0.29, 0.717) is 24.0 Å². The first kappa shape index (κ1) is 17.8. The second-order valence-electron chi connectivity index (χ2n) is 6.65. The number of nitrogens with one attached hydrogen (secondary N) is 2. The number of benzene rings is 1. The van der Waals surface area contributed by atoms with Crippen LogP contribution >= 0.6 is 11.6 Å². The number of carbonyl (C=O) groups is 2. The summed E-state index contributed by atoms with van der Waals surface area (Å²) in [6.07, 6.45) is 7.98. The number of nitrogens with zero attached hydrogens (tertiary/aromatic N) is 1. The van der Waals surface area contributed by atoms with Crippen LogP contribution in [0.1, 0.15) is 38.5 Å². The highest BCUT2D eigenvalue weighted by molar-refractivity contribution is 6.31. The minimum atomic E-state index is -0.108. The van der Waals surface area contributed by atoms with Gasteiger partial charge in [0, 0.05) is 35.7 Å². The van der Waals surface area contributed by atoms with E-state index in [0.717, 1.165) is 23.7 Å². The Kier molecular flexibility index (Phi) is 5.97. The van der Waals surface area contributed by atoms with Crippen molar-refractivity contribution in [2.45, 2.75) is 51.1 Å². The smallest absolute Gasteiger partial charge is 0.239 e. The Balaban J connectivity index is 1.43. The average molecular weight is 362 g/mol. The molecule has 2 aromatic rings. The van der Waals surface area contributed by atoms with Gasteiger partial charge in [0.15, 0.2) is 0 Å². The van der Waals surface area contributed by atoms with Gasteiger partial charge in [-0.25, -0.2) is 0 Å². The van der Waals surface area contributed by atoms with Crippen molar-refractivity contribution in [1.82, 2.24) is 15.2 Å². The first-order valence-corrected chi connectivity index (χ1v) is 9.30. The number of fused-ring (bicyclic) bond motifs is 1. The number of hydrogen-bond acceptors (Lipinski definition) is 2. The van der Waals surface area contributed by atoms with Crippen molar-refractivity contribution in [2.24, 2.45) is 0 Å². The Morgan fingerprint density at radius 1 is 1.12 bits per heavy atom. The second kappa shape index (κ2) is 8.39. The van der Waals surface area contributed by atoms with Crippen LogP contribution in [0.3, 0.4) is 0 Å². The van der Waals surface area contributed by atoms with Gasteiger partial charge < -0.3 is 15.2 Å². The molecule has 1 aliphatic carbocycles. The van der Waals surface area contributed by atoms with Gasteiger partial charge >= 0.3 is 0 Å². The summed E-state index contributed by atoms with van der Waals surface area (Å²) < 4.78 is 1.86. The predicted octanol–water partition coefficient (Wildman–Crippen LogP) is 3.25. The minimum Gasteiger partial charge on any atom is -0.354 e. The maximum Gasteiger partial charge on any atom is 0.239 e. The van der Waals surface area contributed by atoms with Crippen molar-refractivity contribution >= 4 is 34.3 Å². The molecule has 1 saturated carbocycles. The molecule has 0 unspecified atom stereocenters. The summed E-state index contributed by atoms with van der Waals surface area (Å²) in [7, 11) is 0. The molecule has 5 nitrogen and oxygen atoms in total. The van der Waals surface area contributed by atoms with Crippen LogP contribution in [0.25, 0.3) is 10.9 Å². The third kappa shape index (κ3) is 4.98. The molecule has 6 heteroatoms. The standard InChI is InChI=1S/C19H24ClN3O2/c20-15-7-6-14-9-11-23(17(14)12-15)13-19(25)21-10-8-18(24)22-16-4-2-1-3-5-16/h6-7,9,11-12,16H,1-5,8,10,13H2,(H,21,25)(H,22,24). The van der Waals surface area contributed by atoms with Gasteiger partial charge in [-0.3, -0.25) is 9.59 Å².